The molecule has 0 aromatic heterocycles. The van der Waals surface area contributed by atoms with E-state index in [9.17, 15) is 4.79 Å². The van der Waals surface area contributed by atoms with Crippen LogP contribution in [0.15, 0.2) is 0 Å². The van der Waals surface area contributed by atoms with E-state index in [2.05, 4.69) is 10.2 Å². The van der Waals surface area contributed by atoms with Gasteiger partial charge in [0, 0.05) is 25.7 Å². The molecule has 1 amide bonds. The third-order valence-corrected chi connectivity index (χ3v) is 2.88. The summed E-state index contributed by atoms with van der Waals surface area (Å²) in [6.07, 6.45) is 2.09. The van der Waals surface area contributed by atoms with Crippen LogP contribution in [0, 0.1) is 5.92 Å². The summed E-state index contributed by atoms with van der Waals surface area (Å²) in [6.45, 7) is 2.57. The van der Waals surface area contributed by atoms with Crippen LogP contribution in [0.2, 0.25) is 0 Å². The highest BCUT2D eigenvalue weighted by molar-refractivity contribution is 5.78. The molecule has 74 valence electrons. The van der Waals surface area contributed by atoms with Gasteiger partial charge in [0.05, 0.1) is 6.54 Å². The number of rotatable bonds is 2. The van der Waals surface area contributed by atoms with Gasteiger partial charge in [0.1, 0.15) is 0 Å². The molecule has 0 bridgehead atoms. The maximum Gasteiger partial charge on any atom is 0.234 e. The molecule has 1 saturated carbocycles. The molecular weight excluding hydrogens is 168 g/mol. The Hall–Kier alpha value is -0.610. The molecule has 0 spiro atoms. The first-order valence-corrected chi connectivity index (χ1v) is 4.93. The van der Waals surface area contributed by atoms with Crippen molar-refractivity contribution >= 4 is 5.91 Å². The van der Waals surface area contributed by atoms with Crippen LogP contribution in [0.1, 0.15) is 12.8 Å². The molecular formula is C9H16N2O2. The molecule has 2 N–H and O–H groups in total. The Morgan fingerprint density at radius 1 is 1.62 bits per heavy atom. The highest BCUT2D eigenvalue weighted by Gasteiger charge is 2.41. The van der Waals surface area contributed by atoms with Crippen molar-refractivity contribution < 1.29 is 9.90 Å². The molecule has 1 aliphatic heterocycles. The van der Waals surface area contributed by atoms with E-state index >= 15 is 0 Å². The number of hydrogen-bond acceptors (Lipinski definition) is 3. The minimum atomic E-state index is 0.126. The quantitative estimate of drug-likeness (QED) is 0.590. The first-order valence-electron chi connectivity index (χ1n) is 4.93. The second-order valence-electron chi connectivity index (χ2n) is 3.92. The Balaban J connectivity index is 1.87. The molecule has 4 heteroatoms. The van der Waals surface area contributed by atoms with Crippen molar-refractivity contribution in [3.05, 3.63) is 0 Å². The van der Waals surface area contributed by atoms with Gasteiger partial charge in [-0.1, -0.05) is 0 Å². The second-order valence-corrected chi connectivity index (χ2v) is 3.92. The van der Waals surface area contributed by atoms with Crippen LogP contribution in [0.3, 0.4) is 0 Å². The average molecular weight is 184 g/mol. The SMILES string of the molecule is O=C1CN(C2CC2CO)CCCN1. The van der Waals surface area contributed by atoms with E-state index in [0.29, 0.717) is 18.5 Å². The summed E-state index contributed by atoms with van der Waals surface area (Å²) >= 11 is 0. The van der Waals surface area contributed by atoms with Crippen LogP contribution in [0.5, 0.6) is 0 Å². The molecule has 1 aliphatic carbocycles. The van der Waals surface area contributed by atoms with E-state index in [1.165, 1.54) is 0 Å². The van der Waals surface area contributed by atoms with Gasteiger partial charge < -0.3 is 10.4 Å². The van der Waals surface area contributed by atoms with Gasteiger partial charge in [-0.2, -0.15) is 0 Å². The first-order chi connectivity index (χ1) is 6.31. The molecule has 1 saturated heterocycles. The number of aliphatic hydroxyl groups excluding tert-OH is 1. The van der Waals surface area contributed by atoms with Gasteiger partial charge in [0.2, 0.25) is 5.91 Å². The number of amides is 1. The van der Waals surface area contributed by atoms with Crippen molar-refractivity contribution in [1.29, 1.82) is 0 Å². The minimum absolute atomic E-state index is 0.126. The van der Waals surface area contributed by atoms with Gasteiger partial charge in [-0.05, 0) is 18.8 Å². The normalized spacial score (nSPS) is 35.3. The topological polar surface area (TPSA) is 52.6 Å². The number of hydrogen-bond donors (Lipinski definition) is 2. The fourth-order valence-electron chi connectivity index (χ4n) is 1.99. The number of carbonyl (C=O) groups excluding carboxylic acids is 1. The Morgan fingerprint density at radius 2 is 2.46 bits per heavy atom. The maximum absolute atomic E-state index is 11.2. The van der Waals surface area contributed by atoms with E-state index in [1.54, 1.807) is 0 Å². The van der Waals surface area contributed by atoms with E-state index in [0.717, 1.165) is 25.9 Å². The van der Waals surface area contributed by atoms with E-state index in [4.69, 9.17) is 5.11 Å². The zero-order valence-electron chi connectivity index (χ0n) is 7.70. The Bertz CT molecular complexity index is 208. The number of nitrogens with one attached hydrogen (secondary N) is 1. The van der Waals surface area contributed by atoms with E-state index < -0.39 is 0 Å². The van der Waals surface area contributed by atoms with Gasteiger partial charge in [0.15, 0.2) is 0 Å². The predicted molar refractivity (Wildman–Crippen MR) is 48.2 cm³/mol. The Morgan fingerprint density at radius 3 is 3.15 bits per heavy atom. The van der Waals surface area contributed by atoms with Crippen LogP contribution < -0.4 is 5.32 Å². The summed E-state index contributed by atoms with van der Waals surface area (Å²) in [6, 6.07) is 0.467. The van der Waals surface area contributed by atoms with Crippen molar-refractivity contribution in [2.75, 3.05) is 26.2 Å². The van der Waals surface area contributed by atoms with Crippen molar-refractivity contribution in [2.45, 2.75) is 18.9 Å². The van der Waals surface area contributed by atoms with Gasteiger partial charge in [-0.15, -0.1) is 0 Å². The van der Waals surface area contributed by atoms with Crippen molar-refractivity contribution in [1.82, 2.24) is 10.2 Å². The Kier molecular flexibility index (Phi) is 2.51. The first kappa shape index (κ1) is 8.97. The molecule has 4 nitrogen and oxygen atoms in total. The smallest absolute Gasteiger partial charge is 0.234 e. The minimum Gasteiger partial charge on any atom is -0.396 e. The van der Waals surface area contributed by atoms with Crippen molar-refractivity contribution in [3.63, 3.8) is 0 Å². The summed E-state index contributed by atoms with van der Waals surface area (Å²) in [5.41, 5.74) is 0. The second kappa shape index (κ2) is 3.64. The molecule has 2 atom stereocenters. The molecule has 2 aliphatic rings. The standard InChI is InChI=1S/C9H16N2O2/c12-6-7-4-8(7)11-3-1-2-10-9(13)5-11/h7-8,12H,1-6H2,(H,10,13). The predicted octanol–water partition coefficient (Wildman–Crippen LogP) is -0.811. The van der Waals surface area contributed by atoms with Crippen molar-refractivity contribution in [2.24, 2.45) is 5.92 Å². The van der Waals surface area contributed by atoms with Crippen LogP contribution in [-0.4, -0.2) is 48.2 Å². The molecule has 0 aromatic rings. The monoisotopic (exact) mass is 184 g/mol. The average Bonchev–Trinajstić information content (AvgIpc) is 2.87. The van der Waals surface area contributed by atoms with E-state index in [1.807, 2.05) is 0 Å². The van der Waals surface area contributed by atoms with Gasteiger partial charge in [-0.3, -0.25) is 9.69 Å². The summed E-state index contributed by atoms with van der Waals surface area (Å²) < 4.78 is 0. The molecule has 2 unspecified atom stereocenters. The summed E-state index contributed by atoms with van der Waals surface area (Å²) in [5, 5.41) is 11.8. The number of nitrogens with zero attached hydrogens (tertiary/aromatic N) is 1. The molecule has 0 radical (unpaired) electrons. The Labute approximate surface area is 77.9 Å². The van der Waals surface area contributed by atoms with Crippen LogP contribution in [0.4, 0.5) is 0 Å². The summed E-state index contributed by atoms with van der Waals surface area (Å²) in [4.78, 5) is 13.4. The lowest BCUT2D eigenvalue weighted by atomic mass is 10.3. The van der Waals surface area contributed by atoms with E-state index in [-0.39, 0.29) is 12.5 Å². The zero-order chi connectivity index (χ0) is 9.26. The molecule has 13 heavy (non-hydrogen) atoms. The highest BCUT2D eigenvalue weighted by atomic mass is 16.3. The summed E-state index contributed by atoms with van der Waals surface area (Å²) in [7, 11) is 0. The lowest BCUT2D eigenvalue weighted by molar-refractivity contribution is -0.121. The van der Waals surface area contributed by atoms with Gasteiger partial charge in [0.25, 0.3) is 0 Å². The van der Waals surface area contributed by atoms with Crippen LogP contribution in [0.25, 0.3) is 0 Å². The molecule has 2 fully saturated rings. The third-order valence-electron chi connectivity index (χ3n) is 2.88. The van der Waals surface area contributed by atoms with Gasteiger partial charge >= 0.3 is 0 Å². The summed E-state index contributed by atoms with van der Waals surface area (Å²) in [5.74, 6) is 0.548. The molecule has 0 aromatic carbocycles. The number of carbonyl (C=O) groups is 1. The lowest BCUT2D eigenvalue weighted by Crippen LogP contribution is -2.35. The maximum atomic E-state index is 11.2. The highest BCUT2D eigenvalue weighted by Crippen LogP contribution is 2.35. The fourth-order valence-corrected chi connectivity index (χ4v) is 1.99. The van der Waals surface area contributed by atoms with Crippen LogP contribution >= 0.6 is 0 Å². The lowest BCUT2D eigenvalue weighted by Gasteiger charge is -2.17. The number of aliphatic hydroxyl groups is 1. The van der Waals surface area contributed by atoms with Crippen LogP contribution in [-0.2, 0) is 4.79 Å². The zero-order valence-corrected chi connectivity index (χ0v) is 7.70. The van der Waals surface area contributed by atoms with Crippen molar-refractivity contribution in [3.8, 4) is 0 Å². The fraction of sp³-hybridized carbons (Fsp3) is 0.889. The molecule has 1 heterocycles. The molecule has 2 rings (SSSR count). The largest absolute Gasteiger partial charge is 0.396 e. The van der Waals surface area contributed by atoms with Gasteiger partial charge in [-0.25, -0.2) is 0 Å². The third kappa shape index (κ3) is 2.00.